The number of aromatic amines is 1. The van der Waals surface area contributed by atoms with Crippen LogP contribution in [0.15, 0.2) is 36.8 Å². The number of nitrogens with one attached hydrogen (secondary N) is 2. The van der Waals surface area contributed by atoms with Gasteiger partial charge in [-0.3, -0.25) is 14.9 Å². The highest BCUT2D eigenvalue weighted by atomic mass is 16.5. The van der Waals surface area contributed by atoms with E-state index in [9.17, 15) is 4.79 Å². The summed E-state index contributed by atoms with van der Waals surface area (Å²) in [4.78, 5) is 32.7. The van der Waals surface area contributed by atoms with E-state index in [0.717, 1.165) is 47.2 Å². The highest BCUT2D eigenvalue weighted by Gasteiger charge is 2.23. The number of aryl methyl sites for hydroxylation is 1. The molecule has 4 heterocycles. The zero-order valence-electron chi connectivity index (χ0n) is 17.8. The Kier molecular flexibility index (Phi) is 5.10. The number of hydrogen-bond acceptors (Lipinski definition) is 8. The standard InChI is InChI=1S/C22H22N8O2/c1-30(12-19(31)26-14-6-7-20(32-2)24-10-14)22-15-4-3-5-16(15)27-21(28-22)17-8-13-9-25-29-18(13)11-23-17/h6-11H,3-5,12H2,1-2H3,(H,25,29)(H,26,31). The second-order valence-electron chi connectivity index (χ2n) is 7.67. The summed E-state index contributed by atoms with van der Waals surface area (Å²) in [6.07, 6.45) is 7.85. The van der Waals surface area contributed by atoms with Gasteiger partial charge < -0.3 is 15.0 Å². The van der Waals surface area contributed by atoms with Gasteiger partial charge >= 0.3 is 0 Å². The van der Waals surface area contributed by atoms with Gasteiger partial charge in [0.1, 0.15) is 11.5 Å². The number of amides is 1. The molecule has 0 fully saturated rings. The molecule has 0 aromatic carbocycles. The molecule has 1 amide bonds. The number of H-pyrrole nitrogens is 1. The monoisotopic (exact) mass is 430 g/mol. The number of pyridine rings is 2. The van der Waals surface area contributed by atoms with E-state index in [0.29, 0.717) is 23.1 Å². The van der Waals surface area contributed by atoms with E-state index in [1.807, 2.05) is 18.0 Å². The maximum Gasteiger partial charge on any atom is 0.243 e. The van der Waals surface area contributed by atoms with Gasteiger partial charge in [-0.15, -0.1) is 0 Å². The van der Waals surface area contributed by atoms with Gasteiger partial charge in [0.2, 0.25) is 11.8 Å². The van der Waals surface area contributed by atoms with E-state index in [4.69, 9.17) is 14.7 Å². The van der Waals surface area contributed by atoms with E-state index >= 15 is 0 Å². The number of carbonyl (C=O) groups is 1. The van der Waals surface area contributed by atoms with Crippen molar-refractivity contribution in [3.05, 3.63) is 48.0 Å². The predicted octanol–water partition coefficient (Wildman–Crippen LogP) is 2.38. The van der Waals surface area contributed by atoms with Crippen LogP contribution in [0, 0.1) is 0 Å². The minimum atomic E-state index is -0.163. The Morgan fingerprint density at radius 2 is 2.09 bits per heavy atom. The molecule has 4 aromatic rings. The van der Waals surface area contributed by atoms with Crippen molar-refractivity contribution >= 4 is 28.3 Å². The smallest absolute Gasteiger partial charge is 0.243 e. The minimum Gasteiger partial charge on any atom is -0.481 e. The fourth-order valence-electron chi connectivity index (χ4n) is 3.87. The summed E-state index contributed by atoms with van der Waals surface area (Å²) in [5.74, 6) is 1.64. The number of likely N-dealkylation sites (N-methyl/N-ethyl adjacent to an activating group) is 1. The van der Waals surface area contributed by atoms with Crippen LogP contribution in [0.3, 0.4) is 0 Å². The second kappa shape index (κ2) is 8.22. The lowest BCUT2D eigenvalue weighted by molar-refractivity contribution is -0.114. The maximum absolute atomic E-state index is 12.6. The van der Waals surface area contributed by atoms with Crippen LogP contribution in [0.4, 0.5) is 11.5 Å². The first kappa shape index (κ1) is 19.9. The molecule has 10 heteroatoms. The molecule has 0 aliphatic heterocycles. The van der Waals surface area contributed by atoms with E-state index in [1.54, 1.807) is 37.8 Å². The first-order chi connectivity index (χ1) is 15.6. The Hall–Kier alpha value is -4.08. The summed E-state index contributed by atoms with van der Waals surface area (Å²) in [6, 6.07) is 5.37. The molecular formula is C22H22N8O2. The first-order valence-electron chi connectivity index (χ1n) is 10.3. The fourth-order valence-corrected chi connectivity index (χ4v) is 3.87. The summed E-state index contributed by atoms with van der Waals surface area (Å²) in [7, 11) is 3.41. The van der Waals surface area contributed by atoms with Gasteiger partial charge in [0.15, 0.2) is 5.82 Å². The van der Waals surface area contributed by atoms with Gasteiger partial charge in [0.05, 0.1) is 43.4 Å². The average molecular weight is 430 g/mol. The third kappa shape index (κ3) is 3.82. The van der Waals surface area contributed by atoms with Crippen LogP contribution >= 0.6 is 0 Å². The van der Waals surface area contributed by atoms with Crippen LogP contribution in [0.1, 0.15) is 17.7 Å². The Morgan fingerprint density at radius 3 is 2.91 bits per heavy atom. The van der Waals surface area contributed by atoms with E-state index in [-0.39, 0.29) is 12.5 Å². The summed E-state index contributed by atoms with van der Waals surface area (Å²) >= 11 is 0. The zero-order chi connectivity index (χ0) is 22.1. The Bertz CT molecular complexity index is 1290. The summed E-state index contributed by atoms with van der Waals surface area (Å²) in [6.45, 7) is 0.142. The molecule has 162 valence electrons. The predicted molar refractivity (Wildman–Crippen MR) is 120 cm³/mol. The minimum absolute atomic E-state index is 0.142. The highest BCUT2D eigenvalue weighted by Crippen LogP contribution is 2.31. The number of hydrogen-bond donors (Lipinski definition) is 2. The molecule has 0 unspecified atom stereocenters. The van der Waals surface area contributed by atoms with Gasteiger partial charge in [0, 0.05) is 29.8 Å². The number of nitrogens with zero attached hydrogens (tertiary/aromatic N) is 6. The van der Waals surface area contributed by atoms with Crippen molar-refractivity contribution in [1.29, 1.82) is 0 Å². The molecule has 4 aromatic heterocycles. The maximum atomic E-state index is 12.6. The molecule has 10 nitrogen and oxygen atoms in total. The molecule has 0 radical (unpaired) electrons. The van der Waals surface area contributed by atoms with E-state index in [1.165, 1.54) is 0 Å². The number of fused-ring (bicyclic) bond motifs is 2. The SMILES string of the molecule is COc1ccc(NC(=O)CN(C)c2nc(-c3cc4cn[nH]c4cn3)nc3c2CCC3)cn1. The lowest BCUT2D eigenvalue weighted by atomic mass is 10.2. The number of carbonyl (C=O) groups excluding carboxylic acids is 1. The van der Waals surface area contributed by atoms with Crippen LogP contribution in [-0.2, 0) is 17.6 Å². The fraction of sp³-hybridized carbons (Fsp3) is 0.273. The number of aromatic nitrogens is 6. The molecule has 2 N–H and O–H groups in total. The van der Waals surface area contributed by atoms with Crippen LogP contribution in [0.2, 0.25) is 0 Å². The number of anilines is 2. The largest absolute Gasteiger partial charge is 0.481 e. The van der Waals surface area contributed by atoms with Crippen molar-refractivity contribution in [2.24, 2.45) is 0 Å². The number of ether oxygens (including phenoxy) is 1. The molecule has 0 atom stereocenters. The van der Waals surface area contributed by atoms with Crippen molar-refractivity contribution in [1.82, 2.24) is 30.1 Å². The highest BCUT2D eigenvalue weighted by molar-refractivity contribution is 5.94. The molecule has 1 aliphatic carbocycles. The van der Waals surface area contributed by atoms with Gasteiger partial charge in [-0.05, 0) is 31.4 Å². The molecule has 32 heavy (non-hydrogen) atoms. The summed E-state index contributed by atoms with van der Waals surface area (Å²) in [5, 5.41) is 10.8. The zero-order valence-corrected chi connectivity index (χ0v) is 17.8. The molecule has 0 bridgehead atoms. The Morgan fingerprint density at radius 1 is 1.19 bits per heavy atom. The number of methoxy groups -OCH3 is 1. The molecule has 0 saturated carbocycles. The lowest BCUT2D eigenvalue weighted by Crippen LogP contribution is -2.31. The van der Waals surface area contributed by atoms with Crippen LogP contribution < -0.4 is 15.0 Å². The van der Waals surface area contributed by atoms with Crippen molar-refractivity contribution < 1.29 is 9.53 Å². The third-order valence-corrected chi connectivity index (χ3v) is 5.44. The number of rotatable bonds is 6. The molecular weight excluding hydrogens is 408 g/mol. The van der Waals surface area contributed by atoms with Crippen LogP contribution in [0.25, 0.3) is 22.4 Å². The topological polar surface area (TPSA) is 122 Å². The lowest BCUT2D eigenvalue weighted by Gasteiger charge is -2.21. The first-order valence-corrected chi connectivity index (χ1v) is 10.3. The second-order valence-corrected chi connectivity index (χ2v) is 7.67. The van der Waals surface area contributed by atoms with Crippen molar-refractivity contribution in [2.75, 3.05) is 30.9 Å². The van der Waals surface area contributed by atoms with Crippen molar-refractivity contribution in [3.63, 3.8) is 0 Å². The van der Waals surface area contributed by atoms with Gasteiger partial charge in [0.25, 0.3) is 0 Å². The molecule has 0 saturated heterocycles. The third-order valence-electron chi connectivity index (χ3n) is 5.44. The van der Waals surface area contributed by atoms with E-state index in [2.05, 4.69) is 25.5 Å². The average Bonchev–Trinajstić information content (AvgIpc) is 3.47. The van der Waals surface area contributed by atoms with Gasteiger partial charge in [-0.2, -0.15) is 5.10 Å². The molecule has 0 spiro atoms. The Balaban J connectivity index is 1.39. The normalized spacial score (nSPS) is 12.6. The molecule has 5 rings (SSSR count). The quantitative estimate of drug-likeness (QED) is 0.478. The molecule has 1 aliphatic rings. The van der Waals surface area contributed by atoms with Crippen molar-refractivity contribution in [3.8, 4) is 17.4 Å². The summed E-state index contributed by atoms with van der Waals surface area (Å²) in [5.41, 5.74) is 4.26. The Labute approximate surface area is 184 Å². The van der Waals surface area contributed by atoms with Crippen LogP contribution in [0.5, 0.6) is 5.88 Å². The van der Waals surface area contributed by atoms with Crippen molar-refractivity contribution in [2.45, 2.75) is 19.3 Å². The van der Waals surface area contributed by atoms with Crippen LogP contribution in [-0.4, -0.2) is 56.7 Å². The van der Waals surface area contributed by atoms with Gasteiger partial charge in [-0.25, -0.2) is 15.0 Å². The van der Waals surface area contributed by atoms with Gasteiger partial charge in [-0.1, -0.05) is 0 Å². The summed E-state index contributed by atoms with van der Waals surface area (Å²) < 4.78 is 5.05. The van der Waals surface area contributed by atoms with E-state index < -0.39 is 0 Å².